The van der Waals surface area contributed by atoms with E-state index < -0.39 is 5.97 Å². The van der Waals surface area contributed by atoms with E-state index in [1.165, 1.54) is 7.11 Å². The first-order valence-electron chi connectivity index (χ1n) is 7.10. The van der Waals surface area contributed by atoms with Crippen LogP contribution in [0.5, 0.6) is 0 Å². The van der Waals surface area contributed by atoms with Crippen molar-refractivity contribution in [2.75, 3.05) is 12.4 Å². The van der Waals surface area contributed by atoms with E-state index in [0.717, 1.165) is 17.2 Å². The summed E-state index contributed by atoms with van der Waals surface area (Å²) in [4.78, 5) is 24.1. The van der Waals surface area contributed by atoms with E-state index in [-0.39, 0.29) is 11.0 Å². The first-order chi connectivity index (χ1) is 12.1. The number of ether oxygens (including phenoxy) is 1. The van der Waals surface area contributed by atoms with Crippen molar-refractivity contribution in [3.05, 3.63) is 53.6 Å². The Morgan fingerprint density at radius 1 is 1.12 bits per heavy atom. The summed E-state index contributed by atoms with van der Waals surface area (Å²) >= 11 is 6.23. The highest BCUT2D eigenvalue weighted by Gasteiger charge is 2.14. The Kier molecular flexibility index (Phi) is 4.96. The molecule has 0 bridgehead atoms. The molecule has 0 aliphatic carbocycles. The molecule has 1 heterocycles. The number of para-hydroxylation sites is 1. The molecule has 1 amide bonds. The summed E-state index contributed by atoms with van der Waals surface area (Å²) in [6.07, 6.45) is 0. The van der Waals surface area contributed by atoms with Crippen LogP contribution in [-0.2, 0) is 4.74 Å². The number of thiocarbonyl (C=S) groups is 1. The number of amides is 1. The molecule has 2 aromatic carbocycles. The fourth-order valence-electron chi connectivity index (χ4n) is 2.13. The molecule has 0 saturated carbocycles. The van der Waals surface area contributed by atoms with Crippen LogP contribution in [0, 0.1) is 0 Å². The molecule has 126 valence electrons. The quantitative estimate of drug-likeness (QED) is 0.539. The molecule has 0 unspecified atom stereocenters. The maximum absolute atomic E-state index is 12.3. The van der Waals surface area contributed by atoms with Crippen LogP contribution in [0.15, 0.2) is 42.5 Å². The van der Waals surface area contributed by atoms with Crippen molar-refractivity contribution in [1.29, 1.82) is 0 Å². The Labute approximate surface area is 152 Å². The number of methoxy groups -OCH3 is 1. The number of esters is 1. The summed E-state index contributed by atoms with van der Waals surface area (Å²) in [5.74, 6) is -0.887. The van der Waals surface area contributed by atoms with Crippen LogP contribution in [0.2, 0.25) is 0 Å². The molecule has 0 spiro atoms. The second-order valence-electron chi connectivity index (χ2n) is 4.91. The summed E-state index contributed by atoms with van der Waals surface area (Å²) in [6.45, 7) is 0. The summed E-state index contributed by atoms with van der Waals surface area (Å²) < 4.78 is 12.9. The van der Waals surface area contributed by atoms with Gasteiger partial charge in [-0.3, -0.25) is 10.1 Å². The van der Waals surface area contributed by atoms with E-state index in [9.17, 15) is 9.59 Å². The SMILES string of the molecule is COC(=O)c1ccccc1NC(=S)NC(=O)c1ccc2nsnc2c1. The second-order valence-corrected chi connectivity index (χ2v) is 5.85. The van der Waals surface area contributed by atoms with Crippen molar-refractivity contribution < 1.29 is 14.3 Å². The minimum absolute atomic E-state index is 0.0675. The van der Waals surface area contributed by atoms with Crippen LogP contribution in [-0.4, -0.2) is 32.8 Å². The smallest absolute Gasteiger partial charge is 0.339 e. The lowest BCUT2D eigenvalue weighted by atomic mass is 10.2. The molecule has 25 heavy (non-hydrogen) atoms. The van der Waals surface area contributed by atoms with Crippen LogP contribution in [0.3, 0.4) is 0 Å². The molecule has 2 N–H and O–H groups in total. The minimum atomic E-state index is -0.501. The van der Waals surface area contributed by atoms with Crippen molar-refractivity contribution in [1.82, 2.24) is 14.1 Å². The molecule has 0 saturated heterocycles. The Bertz CT molecular complexity index is 971. The highest BCUT2D eigenvalue weighted by atomic mass is 32.1. The fraction of sp³-hybridized carbons (Fsp3) is 0.0625. The number of anilines is 1. The van der Waals surface area contributed by atoms with Gasteiger partial charge in [0.05, 0.1) is 30.1 Å². The van der Waals surface area contributed by atoms with Crippen LogP contribution in [0.25, 0.3) is 11.0 Å². The maximum Gasteiger partial charge on any atom is 0.339 e. The van der Waals surface area contributed by atoms with Crippen molar-refractivity contribution in [2.24, 2.45) is 0 Å². The third kappa shape index (κ3) is 3.78. The van der Waals surface area contributed by atoms with E-state index in [1.807, 2.05) is 0 Å². The lowest BCUT2D eigenvalue weighted by molar-refractivity contribution is 0.0602. The Morgan fingerprint density at radius 3 is 2.68 bits per heavy atom. The number of benzene rings is 2. The lowest BCUT2D eigenvalue weighted by Crippen LogP contribution is -2.34. The third-order valence-corrected chi connectivity index (χ3v) is 4.08. The normalized spacial score (nSPS) is 10.3. The van der Waals surface area contributed by atoms with Crippen molar-refractivity contribution in [3.63, 3.8) is 0 Å². The molecule has 0 fully saturated rings. The number of carbonyl (C=O) groups is 2. The van der Waals surface area contributed by atoms with E-state index in [1.54, 1.807) is 42.5 Å². The van der Waals surface area contributed by atoms with Gasteiger partial charge in [0.2, 0.25) is 0 Å². The van der Waals surface area contributed by atoms with Gasteiger partial charge in [0.15, 0.2) is 5.11 Å². The molecule has 0 aliphatic heterocycles. The molecular formula is C16H12N4O3S2. The number of hydrogen-bond donors (Lipinski definition) is 2. The number of aromatic nitrogens is 2. The first-order valence-corrected chi connectivity index (χ1v) is 8.24. The predicted octanol–water partition coefficient (Wildman–Crippen LogP) is 2.60. The monoisotopic (exact) mass is 372 g/mol. The van der Waals surface area contributed by atoms with E-state index in [2.05, 4.69) is 19.4 Å². The van der Waals surface area contributed by atoms with E-state index >= 15 is 0 Å². The topological polar surface area (TPSA) is 93.2 Å². The molecule has 9 heteroatoms. The number of carbonyl (C=O) groups excluding carboxylic acids is 2. The molecule has 0 aliphatic rings. The molecule has 3 rings (SSSR count). The molecule has 7 nitrogen and oxygen atoms in total. The van der Waals surface area contributed by atoms with Crippen molar-refractivity contribution >= 4 is 57.7 Å². The van der Waals surface area contributed by atoms with Gasteiger partial charge in [-0.05, 0) is 42.5 Å². The summed E-state index contributed by atoms with van der Waals surface area (Å²) in [5.41, 5.74) is 2.54. The summed E-state index contributed by atoms with van der Waals surface area (Å²) in [6, 6.07) is 11.7. The lowest BCUT2D eigenvalue weighted by Gasteiger charge is -2.12. The fourth-order valence-corrected chi connectivity index (χ4v) is 2.85. The molecule has 0 atom stereocenters. The van der Waals surface area contributed by atoms with Crippen LogP contribution < -0.4 is 10.6 Å². The first kappa shape index (κ1) is 16.9. The van der Waals surface area contributed by atoms with Gasteiger partial charge in [-0.25, -0.2) is 4.79 Å². The number of rotatable bonds is 3. The van der Waals surface area contributed by atoms with Crippen LogP contribution >= 0.6 is 23.9 Å². The number of nitrogens with zero attached hydrogens (tertiary/aromatic N) is 2. The van der Waals surface area contributed by atoms with Gasteiger partial charge in [-0.15, -0.1) is 0 Å². The molecule has 1 aromatic heterocycles. The zero-order valence-corrected chi connectivity index (χ0v) is 14.6. The van der Waals surface area contributed by atoms with Crippen molar-refractivity contribution in [3.8, 4) is 0 Å². The largest absolute Gasteiger partial charge is 0.465 e. The van der Waals surface area contributed by atoms with Crippen LogP contribution in [0.1, 0.15) is 20.7 Å². The van der Waals surface area contributed by atoms with Gasteiger partial charge in [-0.2, -0.15) is 8.75 Å². The summed E-state index contributed by atoms with van der Waals surface area (Å²) in [5, 5.41) is 5.47. The van der Waals surface area contributed by atoms with Gasteiger partial charge in [0.25, 0.3) is 5.91 Å². The molecular weight excluding hydrogens is 360 g/mol. The van der Waals surface area contributed by atoms with Gasteiger partial charge in [0.1, 0.15) is 11.0 Å². The average molecular weight is 372 g/mol. The zero-order chi connectivity index (χ0) is 17.8. The van der Waals surface area contributed by atoms with Gasteiger partial charge < -0.3 is 10.1 Å². The highest BCUT2D eigenvalue weighted by molar-refractivity contribution is 7.80. The Balaban J connectivity index is 1.72. The zero-order valence-electron chi connectivity index (χ0n) is 13.0. The number of nitrogens with one attached hydrogen (secondary N) is 2. The summed E-state index contributed by atoms with van der Waals surface area (Å²) in [7, 11) is 1.29. The standard InChI is InChI=1S/C16H12N4O3S2/c1-23-15(22)10-4-2-3-5-11(10)17-16(24)18-14(21)9-6-7-12-13(8-9)20-25-19-12/h2-8H,1H3,(H2,17,18,21,24). The molecule has 3 aromatic rings. The van der Waals surface area contributed by atoms with E-state index in [4.69, 9.17) is 17.0 Å². The second kappa shape index (κ2) is 7.32. The van der Waals surface area contributed by atoms with E-state index in [0.29, 0.717) is 22.3 Å². The number of fused-ring (bicyclic) bond motifs is 1. The third-order valence-electron chi connectivity index (χ3n) is 3.32. The maximum atomic E-state index is 12.3. The van der Waals surface area contributed by atoms with Gasteiger partial charge in [0, 0.05) is 5.56 Å². The minimum Gasteiger partial charge on any atom is -0.465 e. The van der Waals surface area contributed by atoms with Gasteiger partial charge in [-0.1, -0.05) is 12.1 Å². The van der Waals surface area contributed by atoms with Crippen molar-refractivity contribution in [2.45, 2.75) is 0 Å². The van der Waals surface area contributed by atoms with Crippen LogP contribution in [0.4, 0.5) is 5.69 Å². The highest BCUT2D eigenvalue weighted by Crippen LogP contribution is 2.16. The van der Waals surface area contributed by atoms with Gasteiger partial charge >= 0.3 is 5.97 Å². The predicted molar refractivity (Wildman–Crippen MR) is 98.9 cm³/mol. The average Bonchev–Trinajstić information content (AvgIpc) is 3.09. The molecule has 0 radical (unpaired) electrons. The Morgan fingerprint density at radius 2 is 1.88 bits per heavy atom. The number of hydrogen-bond acceptors (Lipinski definition) is 7. The Hall–Kier alpha value is -2.91.